The second-order valence-corrected chi connectivity index (χ2v) is 2.65. The molecular formula is C9H8F3O. The van der Waals surface area contributed by atoms with Crippen molar-refractivity contribution in [2.45, 2.75) is 12.6 Å². The number of halogens is 3. The Morgan fingerprint density at radius 3 is 2.00 bits per heavy atom. The van der Waals surface area contributed by atoms with Gasteiger partial charge in [0.2, 0.25) is 0 Å². The molecule has 0 fully saturated rings. The highest BCUT2D eigenvalue weighted by atomic mass is 19.4. The van der Waals surface area contributed by atoms with Crippen LogP contribution in [0.5, 0.6) is 0 Å². The molecule has 0 aliphatic rings. The Kier molecular flexibility index (Phi) is 2.93. The van der Waals surface area contributed by atoms with Crippen LogP contribution in [0.15, 0.2) is 24.3 Å². The maximum absolute atomic E-state index is 12.0. The van der Waals surface area contributed by atoms with Gasteiger partial charge in [0.05, 0.1) is 12.2 Å². The molecular weight excluding hydrogens is 181 g/mol. The summed E-state index contributed by atoms with van der Waals surface area (Å²) in [4.78, 5) is 0. The van der Waals surface area contributed by atoms with Crippen molar-refractivity contribution < 1.29 is 18.3 Å². The average Bonchev–Trinajstić information content (AvgIpc) is 2.04. The van der Waals surface area contributed by atoms with E-state index in [1.165, 1.54) is 12.1 Å². The largest absolute Gasteiger partial charge is 0.416 e. The van der Waals surface area contributed by atoms with E-state index in [9.17, 15) is 18.3 Å². The molecule has 4 heteroatoms. The van der Waals surface area contributed by atoms with E-state index in [0.717, 1.165) is 12.1 Å². The van der Waals surface area contributed by atoms with Crippen LogP contribution in [0, 0.1) is 0 Å². The molecule has 0 N–H and O–H groups in total. The van der Waals surface area contributed by atoms with Crippen molar-refractivity contribution in [3.63, 3.8) is 0 Å². The summed E-state index contributed by atoms with van der Waals surface area (Å²) < 4.78 is 36.1. The standard InChI is InChI=1S/C9H8F3O/c10-9(11,12)8-3-1-7(2-4-8)5-6-13/h1-4H,5-6H2. The zero-order valence-corrected chi connectivity index (χ0v) is 6.77. The van der Waals surface area contributed by atoms with E-state index < -0.39 is 11.7 Å². The molecule has 0 amide bonds. The topological polar surface area (TPSA) is 19.9 Å². The quantitative estimate of drug-likeness (QED) is 0.681. The van der Waals surface area contributed by atoms with E-state index in [0.29, 0.717) is 5.56 Å². The van der Waals surface area contributed by atoms with Crippen LogP contribution in [-0.2, 0) is 17.7 Å². The van der Waals surface area contributed by atoms with Gasteiger partial charge >= 0.3 is 6.18 Å². The third kappa shape index (κ3) is 2.73. The van der Waals surface area contributed by atoms with Gasteiger partial charge in [0.15, 0.2) is 0 Å². The number of hydrogen-bond donors (Lipinski definition) is 0. The van der Waals surface area contributed by atoms with Crippen LogP contribution >= 0.6 is 0 Å². The maximum Gasteiger partial charge on any atom is 0.416 e. The number of alkyl halides is 3. The van der Waals surface area contributed by atoms with Crippen molar-refractivity contribution in [2.24, 2.45) is 0 Å². The van der Waals surface area contributed by atoms with Crippen LogP contribution < -0.4 is 0 Å². The first kappa shape index (κ1) is 10.1. The fourth-order valence-electron chi connectivity index (χ4n) is 0.978. The van der Waals surface area contributed by atoms with Crippen molar-refractivity contribution in [2.75, 3.05) is 6.61 Å². The highest BCUT2D eigenvalue weighted by Gasteiger charge is 2.29. The molecule has 0 aromatic heterocycles. The molecule has 0 spiro atoms. The van der Waals surface area contributed by atoms with Crippen molar-refractivity contribution >= 4 is 0 Å². The van der Waals surface area contributed by atoms with Crippen LogP contribution in [0.25, 0.3) is 0 Å². The highest BCUT2D eigenvalue weighted by Crippen LogP contribution is 2.28. The number of benzene rings is 1. The molecule has 1 rings (SSSR count). The summed E-state index contributed by atoms with van der Waals surface area (Å²) >= 11 is 0. The molecule has 1 aromatic carbocycles. The minimum atomic E-state index is -4.30. The van der Waals surface area contributed by atoms with Gasteiger partial charge in [0.25, 0.3) is 0 Å². The molecule has 71 valence electrons. The fourth-order valence-corrected chi connectivity index (χ4v) is 0.978. The lowest BCUT2D eigenvalue weighted by Gasteiger charge is -2.06. The van der Waals surface area contributed by atoms with E-state index in [1.807, 2.05) is 0 Å². The summed E-state index contributed by atoms with van der Waals surface area (Å²) in [6, 6.07) is 4.65. The second kappa shape index (κ2) is 3.79. The Labute approximate surface area is 73.8 Å². The first-order chi connectivity index (χ1) is 6.04. The van der Waals surface area contributed by atoms with Gasteiger partial charge in [-0.05, 0) is 24.1 Å². The smallest absolute Gasteiger partial charge is 0.236 e. The normalized spacial score (nSPS) is 11.7. The zero-order valence-electron chi connectivity index (χ0n) is 6.77. The van der Waals surface area contributed by atoms with Gasteiger partial charge in [-0.15, -0.1) is 0 Å². The monoisotopic (exact) mass is 189 g/mol. The second-order valence-electron chi connectivity index (χ2n) is 2.65. The van der Waals surface area contributed by atoms with Crippen LogP contribution in [0.2, 0.25) is 0 Å². The van der Waals surface area contributed by atoms with Gasteiger partial charge in [-0.1, -0.05) is 12.1 Å². The average molecular weight is 189 g/mol. The molecule has 0 saturated carbocycles. The lowest BCUT2D eigenvalue weighted by atomic mass is 10.1. The molecule has 0 heterocycles. The molecule has 0 aliphatic heterocycles. The van der Waals surface area contributed by atoms with Crippen LogP contribution in [0.1, 0.15) is 11.1 Å². The van der Waals surface area contributed by atoms with Crippen molar-refractivity contribution in [1.82, 2.24) is 0 Å². The van der Waals surface area contributed by atoms with E-state index in [4.69, 9.17) is 0 Å². The molecule has 1 nitrogen and oxygen atoms in total. The Hall–Kier alpha value is -1.03. The maximum atomic E-state index is 12.0. The number of rotatable bonds is 2. The molecule has 0 aliphatic carbocycles. The summed E-state index contributed by atoms with van der Waals surface area (Å²) in [5.41, 5.74) is -0.0369. The molecule has 13 heavy (non-hydrogen) atoms. The van der Waals surface area contributed by atoms with E-state index >= 15 is 0 Å². The van der Waals surface area contributed by atoms with Crippen LogP contribution in [0.4, 0.5) is 13.2 Å². The SMILES string of the molecule is [O]CCc1ccc(C(F)(F)F)cc1. The van der Waals surface area contributed by atoms with Gasteiger partial charge < -0.3 is 0 Å². The van der Waals surface area contributed by atoms with Gasteiger partial charge in [0, 0.05) is 0 Å². The Morgan fingerprint density at radius 1 is 1.08 bits per heavy atom. The lowest BCUT2D eigenvalue weighted by Crippen LogP contribution is -2.04. The Bertz CT molecular complexity index is 263. The highest BCUT2D eigenvalue weighted by molar-refractivity contribution is 5.24. The van der Waals surface area contributed by atoms with Crippen molar-refractivity contribution in [1.29, 1.82) is 0 Å². The van der Waals surface area contributed by atoms with Crippen LogP contribution in [-0.4, -0.2) is 6.61 Å². The van der Waals surface area contributed by atoms with Crippen LogP contribution in [0.3, 0.4) is 0 Å². The molecule has 0 unspecified atom stereocenters. The third-order valence-corrected chi connectivity index (χ3v) is 1.67. The Morgan fingerprint density at radius 2 is 1.62 bits per heavy atom. The number of hydrogen-bond acceptors (Lipinski definition) is 0. The summed E-state index contributed by atoms with van der Waals surface area (Å²) in [6.45, 7) is -0.300. The molecule has 0 atom stereocenters. The summed E-state index contributed by atoms with van der Waals surface area (Å²) in [7, 11) is 0. The van der Waals surface area contributed by atoms with Crippen molar-refractivity contribution in [3.8, 4) is 0 Å². The van der Waals surface area contributed by atoms with E-state index in [2.05, 4.69) is 0 Å². The molecule has 1 radical (unpaired) electrons. The van der Waals surface area contributed by atoms with E-state index in [-0.39, 0.29) is 13.0 Å². The summed E-state index contributed by atoms with van der Waals surface area (Å²) in [5, 5.41) is 10.2. The third-order valence-electron chi connectivity index (χ3n) is 1.67. The minimum absolute atomic E-state index is 0.276. The van der Waals surface area contributed by atoms with Crippen molar-refractivity contribution in [3.05, 3.63) is 35.4 Å². The summed E-state index contributed by atoms with van der Waals surface area (Å²) in [5.74, 6) is 0. The Balaban J connectivity index is 2.81. The minimum Gasteiger partial charge on any atom is -0.236 e. The molecule has 0 bridgehead atoms. The fraction of sp³-hybridized carbons (Fsp3) is 0.333. The summed E-state index contributed by atoms with van der Waals surface area (Å²) in [6.07, 6.45) is -4.02. The lowest BCUT2D eigenvalue weighted by molar-refractivity contribution is -0.137. The predicted octanol–water partition coefficient (Wildman–Crippen LogP) is 2.68. The first-order valence-corrected chi connectivity index (χ1v) is 3.78. The molecule has 1 aromatic rings. The zero-order chi connectivity index (χ0) is 9.90. The van der Waals surface area contributed by atoms with Gasteiger partial charge in [-0.25, -0.2) is 5.11 Å². The van der Waals surface area contributed by atoms with Gasteiger partial charge in [-0.2, -0.15) is 13.2 Å². The van der Waals surface area contributed by atoms with Gasteiger partial charge in [0.1, 0.15) is 0 Å². The first-order valence-electron chi connectivity index (χ1n) is 3.78. The molecule has 0 saturated heterocycles. The predicted molar refractivity (Wildman–Crippen MR) is 40.7 cm³/mol. The van der Waals surface area contributed by atoms with Gasteiger partial charge in [-0.3, -0.25) is 0 Å². The van der Waals surface area contributed by atoms with E-state index in [1.54, 1.807) is 0 Å².